The zero-order valence-electron chi connectivity index (χ0n) is 13.9. The second kappa shape index (κ2) is 7.16. The number of aryl methyl sites for hydroxylation is 1. The average molecular weight is 370 g/mol. The molecule has 132 valence electrons. The summed E-state index contributed by atoms with van der Waals surface area (Å²) in [7, 11) is 0. The Morgan fingerprint density at radius 2 is 2.00 bits per heavy atom. The van der Waals surface area contributed by atoms with Crippen molar-refractivity contribution in [2.24, 2.45) is 0 Å². The lowest BCUT2D eigenvalue weighted by atomic mass is 10.3. The molecule has 1 aromatic carbocycles. The van der Waals surface area contributed by atoms with Gasteiger partial charge in [0.1, 0.15) is 17.2 Å². The molecule has 0 aliphatic heterocycles. The number of aromatic nitrogens is 8. The fourth-order valence-corrected chi connectivity index (χ4v) is 3.45. The fraction of sp³-hybridized carbons (Fsp3) is 0.250. The van der Waals surface area contributed by atoms with E-state index in [4.69, 9.17) is 0 Å². The van der Waals surface area contributed by atoms with Gasteiger partial charge >= 0.3 is 0 Å². The number of hydrogen-bond donors (Lipinski definition) is 0. The van der Waals surface area contributed by atoms with E-state index < -0.39 is 0 Å². The molecule has 0 aliphatic carbocycles. The van der Waals surface area contributed by atoms with Crippen LogP contribution in [0.3, 0.4) is 0 Å². The van der Waals surface area contributed by atoms with E-state index in [1.54, 1.807) is 27.7 Å². The Morgan fingerprint density at radius 1 is 1.15 bits per heavy atom. The Hall–Kier alpha value is -2.88. The van der Waals surface area contributed by atoms with E-state index in [1.165, 1.54) is 30.2 Å². The molecular weight excluding hydrogens is 355 g/mol. The summed E-state index contributed by atoms with van der Waals surface area (Å²) in [5.41, 5.74) is 1.41. The minimum atomic E-state index is -0.291. The summed E-state index contributed by atoms with van der Waals surface area (Å²) in [6, 6.07) is 6.12. The van der Waals surface area contributed by atoms with E-state index in [2.05, 4.69) is 37.5 Å². The van der Waals surface area contributed by atoms with Crippen LogP contribution in [0.5, 0.6) is 0 Å². The van der Waals surface area contributed by atoms with Crippen molar-refractivity contribution in [2.75, 3.05) is 0 Å². The molecule has 26 heavy (non-hydrogen) atoms. The number of fused-ring (bicyclic) bond motifs is 1. The Morgan fingerprint density at radius 3 is 2.81 bits per heavy atom. The molecule has 0 N–H and O–H groups in total. The molecular formula is C16H15FN8S. The van der Waals surface area contributed by atoms with Gasteiger partial charge in [0.2, 0.25) is 0 Å². The van der Waals surface area contributed by atoms with Gasteiger partial charge in [-0.15, -0.1) is 5.10 Å². The van der Waals surface area contributed by atoms with Crippen molar-refractivity contribution in [3.05, 3.63) is 48.4 Å². The van der Waals surface area contributed by atoms with Gasteiger partial charge in [0, 0.05) is 6.54 Å². The zero-order chi connectivity index (χ0) is 17.9. The molecule has 0 saturated heterocycles. The number of nitrogens with zero attached hydrogens (tertiary/aromatic N) is 8. The van der Waals surface area contributed by atoms with Gasteiger partial charge in [-0.2, -0.15) is 5.10 Å². The zero-order valence-corrected chi connectivity index (χ0v) is 14.8. The molecule has 0 bridgehead atoms. The van der Waals surface area contributed by atoms with Crippen LogP contribution >= 0.6 is 11.8 Å². The van der Waals surface area contributed by atoms with Gasteiger partial charge in [-0.1, -0.05) is 18.7 Å². The lowest BCUT2D eigenvalue weighted by Crippen LogP contribution is -2.04. The molecule has 10 heteroatoms. The Balaban J connectivity index is 1.62. The highest BCUT2D eigenvalue weighted by atomic mass is 32.2. The van der Waals surface area contributed by atoms with Crippen molar-refractivity contribution in [2.45, 2.75) is 30.7 Å². The third kappa shape index (κ3) is 3.15. The number of halogens is 1. The maximum absolute atomic E-state index is 13.2. The number of rotatable bonds is 6. The maximum Gasteiger partial charge on any atom is 0.167 e. The van der Waals surface area contributed by atoms with Crippen molar-refractivity contribution in [3.8, 4) is 5.69 Å². The van der Waals surface area contributed by atoms with Crippen LogP contribution in [0.1, 0.15) is 19.2 Å². The molecule has 0 amide bonds. The van der Waals surface area contributed by atoms with Crippen LogP contribution in [0.2, 0.25) is 0 Å². The SMILES string of the molecule is CCCn1nnnc1CSc1ncnc2c1cnn2-c1ccc(F)cc1. The maximum atomic E-state index is 13.2. The summed E-state index contributed by atoms with van der Waals surface area (Å²) < 4.78 is 16.6. The molecule has 3 aromatic heterocycles. The minimum absolute atomic E-state index is 0.291. The summed E-state index contributed by atoms with van der Waals surface area (Å²) in [6.45, 7) is 2.86. The molecule has 4 rings (SSSR count). The van der Waals surface area contributed by atoms with Crippen molar-refractivity contribution in [1.29, 1.82) is 0 Å². The quantitative estimate of drug-likeness (QED) is 0.381. The first-order chi connectivity index (χ1) is 12.8. The van der Waals surface area contributed by atoms with Crippen LogP contribution in [0, 0.1) is 5.82 Å². The lowest BCUT2D eigenvalue weighted by molar-refractivity contribution is 0.564. The first kappa shape index (κ1) is 16.6. The van der Waals surface area contributed by atoms with Crippen LogP contribution < -0.4 is 0 Å². The Labute approximate surface area is 152 Å². The van der Waals surface area contributed by atoms with E-state index in [0.717, 1.165) is 34.9 Å². The van der Waals surface area contributed by atoms with Gasteiger partial charge < -0.3 is 0 Å². The molecule has 3 heterocycles. The van der Waals surface area contributed by atoms with Gasteiger partial charge in [-0.25, -0.2) is 23.7 Å². The molecule has 8 nitrogen and oxygen atoms in total. The predicted molar refractivity (Wildman–Crippen MR) is 94.3 cm³/mol. The topological polar surface area (TPSA) is 87.2 Å². The largest absolute Gasteiger partial charge is 0.229 e. The molecule has 0 unspecified atom stereocenters. The Bertz CT molecular complexity index is 1030. The van der Waals surface area contributed by atoms with Gasteiger partial charge in [0.25, 0.3) is 0 Å². The fourth-order valence-electron chi connectivity index (χ4n) is 2.55. The molecule has 0 spiro atoms. The van der Waals surface area contributed by atoms with Crippen LogP contribution in [-0.4, -0.2) is 40.0 Å². The summed E-state index contributed by atoms with van der Waals surface area (Å²) in [6.07, 6.45) is 4.18. The number of thioether (sulfide) groups is 1. The van der Waals surface area contributed by atoms with Crippen LogP contribution in [0.4, 0.5) is 4.39 Å². The number of tetrazole rings is 1. The molecule has 0 radical (unpaired) electrons. The van der Waals surface area contributed by atoms with E-state index >= 15 is 0 Å². The first-order valence-corrected chi connectivity index (χ1v) is 9.07. The van der Waals surface area contributed by atoms with Crippen LogP contribution in [0.25, 0.3) is 16.7 Å². The second-order valence-corrected chi connectivity index (χ2v) is 6.52. The normalized spacial score (nSPS) is 11.3. The average Bonchev–Trinajstić information content (AvgIpc) is 3.28. The Kier molecular flexibility index (Phi) is 4.57. The smallest absolute Gasteiger partial charge is 0.167 e. The molecule has 0 saturated carbocycles. The third-order valence-corrected chi connectivity index (χ3v) is 4.78. The van der Waals surface area contributed by atoms with Gasteiger partial charge in [-0.3, -0.25) is 0 Å². The highest BCUT2D eigenvalue weighted by molar-refractivity contribution is 7.98. The van der Waals surface area contributed by atoms with Crippen molar-refractivity contribution >= 4 is 22.8 Å². The monoisotopic (exact) mass is 370 g/mol. The van der Waals surface area contributed by atoms with Gasteiger partial charge in [0.15, 0.2) is 11.5 Å². The highest BCUT2D eigenvalue weighted by Gasteiger charge is 2.13. The number of benzene rings is 1. The van der Waals surface area contributed by atoms with Crippen LogP contribution in [0.15, 0.2) is 41.8 Å². The van der Waals surface area contributed by atoms with Gasteiger partial charge in [0.05, 0.1) is 23.0 Å². The van der Waals surface area contributed by atoms with Crippen LogP contribution in [-0.2, 0) is 12.3 Å². The molecule has 0 fully saturated rings. The van der Waals surface area contributed by atoms with Gasteiger partial charge in [-0.05, 0) is 41.1 Å². The minimum Gasteiger partial charge on any atom is -0.229 e. The standard InChI is InChI=1S/C16H15FN8S/c1-2-7-24-14(21-22-23-24)9-26-16-13-8-20-25(15(13)18-10-19-16)12-5-3-11(17)4-6-12/h3-6,8,10H,2,7,9H2,1H3. The molecule has 4 aromatic rings. The number of hydrogen-bond acceptors (Lipinski definition) is 7. The molecule has 0 aliphatic rings. The van der Waals surface area contributed by atoms with E-state index in [0.29, 0.717) is 11.4 Å². The van der Waals surface area contributed by atoms with Crippen molar-refractivity contribution in [1.82, 2.24) is 40.0 Å². The first-order valence-electron chi connectivity index (χ1n) is 8.08. The van der Waals surface area contributed by atoms with E-state index in [9.17, 15) is 4.39 Å². The lowest BCUT2D eigenvalue weighted by Gasteiger charge is -2.05. The second-order valence-electron chi connectivity index (χ2n) is 5.56. The van der Waals surface area contributed by atoms with E-state index in [1.807, 2.05) is 0 Å². The summed E-state index contributed by atoms with van der Waals surface area (Å²) in [4.78, 5) is 8.69. The summed E-state index contributed by atoms with van der Waals surface area (Å²) in [5.74, 6) is 1.11. The van der Waals surface area contributed by atoms with Crippen molar-refractivity contribution in [3.63, 3.8) is 0 Å². The predicted octanol–water partition coefficient (Wildman–Crippen LogP) is 2.64. The molecule has 0 atom stereocenters. The highest BCUT2D eigenvalue weighted by Crippen LogP contribution is 2.27. The van der Waals surface area contributed by atoms with Crippen molar-refractivity contribution < 1.29 is 4.39 Å². The summed E-state index contributed by atoms with van der Waals surface area (Å²) in [5, 5.41) is 17.8. The summed E-state index contributed by atoms with van der Waals surface area (Å²) >= 11 is 1.53. The van der Waals surface area contributed by atoms with E-state index in [-0.39, 0.29) is 5.82 Å². The third-order valence-electron chi connectivity index (χ3n) is 3.78.